The number of anilines is 2. The van der Waals surface area contributed by atoms with Gasteiger partial charge < -0.3 is 5.32 Å². The third-order valence-corrected chi connectivity index (χ3v) is 6.99. The standard InChI is InChI=1S/C25H25N7OS/c33-22(15-19-5-1-3-11-26-19)16-21-10-9-20(29-30-21)14-17-7-8-18(13-17)24-31-32-25(34-24)28-23-6-2-4-12-27-23/h1-6,9-12,17-18H,7-8,13-16H2,(H,27,28,32)/t17-,18+/m1/s1. The second kappa shape index (κ2) is 10.6. The third-order valence-electron chi connectivity index (χ3n) is 5.99. The van der Waals surface area contributed by atoms with Crippen molar-refractivity contribution in [1.82, 2.24) is 30.4 Å². The van der Waals surface area contributed by atoms with Crippen LogP contribution in [0.4, 0.5) is 10.9 Å². The second-order valence-corrected chi connectivity index (χ2v) is 9.60. The van der Waals surface area contributed by atoms with Gasteiger partial charge in [-0.15, -0.1) is 10.2 Å². The predicted molar refractivity (Wildman–Crippen MR) is 130 cm³/mol. The molecule has 0 bridgehead atoms. The number of carbonyl (C=O) groups excluding carboxylic acids is 1. The Bertz CT molecular complexity index is 1220. The molecule has 1 fully saturated rings. The van der Waals surface area contributed by atoms with Crippen molar-refractivity contribution in [3.63, 3.8) is 0 Å². The van der Waals surface area contributed by atoms with Crippen LogP contribution in [0.25, 0.3) is 0 Å². The first-order valence-corrected chi connectivity index (χ1v) is 12.3. The zero-order chi connectivity index (χ0) is 23.2. The zero-order valence-electron chi connectivity index (χ0n) is 18.7. The molecule has 1 N–H and O–H groups in total. The molecule has 0 spiro atoms. The molecule has 9 heteroatoms. The van der Waals surface area contributed by atoms with Crippen LogP contribution in [0.15, 0.2) is 60.9 Å². The van der Waals surface area contributed by atoms with Gasteiger partial charge in [0.15, 0.2) is 0 Å². The summed E-state index contributed by atoms with van der Waals surface area (Å²) in [7, 11) is 0. The van der Waals surface area contributed by atoms with Crippen molar-refractivity contribution in [1.29, 1.82) is 0 Å². The molecule has 1 aliphatic rings. The highest BCUT2D eigenvalue weighted by molar-refractivity contribution is 7.15. The molecule has 8 nitrogen and oxygen atoms in total. The highest BCUT2D eigenvalue weighted by Gasteiger charge is 2.29. The van der Waals surface area contributed by atoms with Gasteiger partial charge in [-0.05, 0) is 68.0 Å². The van der Waals surface area contributed by atoms with Crippen LogP contribution < -0.4 is 5.32 Å². The van der Waals surface area contributed by atoms with Gasteiger partial charge in [-0.3, -0.25) is 9.78 Å². The average Bonchev–Trinajstić information content (AvgIpc) is 3.51. The number of rotatable bonds is 9. The summed E-state index contributed by atoms with van der Waals surface area (Å²) in [6.07, 6.45) is 8.26. The van der Waals surface area contributed by atoms with Crippen molar-refractivity contribution in [3.8, 4) is 0 Å². The van der Waals surface area contributed by atoms with Gasteiger partial charge in [-0.1, -0.05) is 23.5 Å². The highest BCUT2D eigenvalue weighted by atomic mass is 32.1. The van der Waals surface area contributed by atoms with Crippen LogP contribution in [0.1, 0.15) is 47.3 Å². The number of ketones is 1. The molecule has 0 radical (unpaired) electrons. The Morgan fingerprint density at radius 1 is 0.853 bits per heavy atom. The van der Waals surface area contributed by atoms with Gasteiger partial charge in [0.25, 0.3) is 0 Å². The van der Waals surface area contributed by atoms with Gasteiger partial charge in [-0.2, -0.15) is 10.2 Å². The van der Waals surface area contributed by atoms with E-state index in [2.05, 4.69) is 35.7 Å². The number of aromatic nitrogens is 6. The normalized spacial score (nSPS) is 17.5. The first kappa shape index (κ1) is 22.2. The van der Waals surface area contributed by atoms with Crippen molar-refractivity contribution in [2.45, 2.75) is 44.4 Å². The Balaban J connectivity index is 1.11. The predicted octanol–water partition coefficient (Wildman–Crippen LogP) is 4.34. The molecule has 5 rings (SSSR count). The van der Waals surface area contributed by atoms with Crippen LogP contribution in [0.5, 0.6) is 0 Å². The van der Waals surface area contributed by atoms with E-state index in [1.807, 2.05) is 48.5 Å². The zero-order valence-corrected chi connectivity index (χ0v) is 19.5. The molecule has 4 aromatic rings. The minimum absolute atomic E-state index is 0.0911. The van der Waals surface area contributed by atoms with E-state index >= 15 is 0 Å². The van der Waals surface area contributed by atoms with E-state index in [0.29, 0.717) is 24.0 Å². The van der Waals surface area contributed by atoms with Gasteiger partial charge in [0.1, 0.15) is 16.6 Å². The molecule has 0 aliphatic heterocycles. The quantitative estimate of drug-likeness (QED) is 0.384. The van der Waals surface area contributed by atoms with E-state index in [1.165, 1.54) is 0 Å². The molecule has 0 amide bonds. The Hall–Kier alpha value is -3.59. The van der Waals surface area contributed by atoms with E-state index < -0.39 is 0 Å². The molecule has 4 heterocycles. The topological polar surface area (TPSA) is 106 Å². The maximum Gasteiger partial charge on any atom is 0.211 e. The summed E-state index contributed by atoms with van der Waals surface area (Å²) in [6.45, 7) is 0. The minimum atomic E-state index is 0.0911. The lowest BCUT2D eigenvalue weighted by molar-refractivity contribution is -0.117. The van der Waals surface area contributed by atoms with Crippen molar-refractivity contribution < 1.29 is 4.79 Å². The molecule has 0 saturated heterocycles. The maximum absolute atomic E-state index is 12.3. The Morgan fingerprint density at radius 2 is 1.65 bits per heavy atom. The minimum Gasteiger partial charge on any atom is -0.315 e. The van der Waals surface area contributed by atoms with E-state index in [-0.39, 0.29) is 12.2 Å². The van der Waals surface area contributed by atoms with Crippen molar-refractivity contribution in [2.75, 3.05) is 5.32 Å². The van der Waals surface area contributed by atoms with Crippen LogP contribution in [0.3, 0.4) is 0 Å². The fourth-order valence-electron chi connectivity index (χ4n) is 4.34. The Kier molecular flexibility index (Phi) is 6.90. The molecular formula is C25H25N7OS. The number of pyridine rings is 2. The molecule has 2 atom stereocenters. The van der Waals surface area contributed by atoms with Crippen LogP contribution in [0, 0.1) is 5.92 Å². The maximum atomic E-state index is 12.3. The SMILES string of the molecule is O=C(Cc1ccccn1)Cc1ccc(C[C@@H]2CC[C@H](c3nnc(Nc4ccccn4)s3)C2)nn1. The molecule has 0 unspecified atom stereocenters. The number of carbonyl (C=O) groups is 1. The number of hydrogen-bond acceptors (Lipinski definition) is 9. The van der Waals surface area contributed by atoms with Crippen LogP contribution >= 0.6 is 11.3 Å². The van der Waals surface area contributed by atoms with Gasteiger partial charge >= 0.3 is 0 Å². The monoisotopic (exact) mass is 471 g/mol. The van der Waals surface area contributed by atoms with E-state index in [9.17, 15) is 4.79 Å². The molecule has 172 valence electrons. The number of Topliss-reactive ketones (excluding diaryl/α,β-unsaturated/α-hetero) is 1. The lowest BCUT2D eigenvalue weighted by Gasteiger charge is -2.09. The first-order chi connectivity index (χ1) is 16.7. The summed E-state index contributed by atoms with van der Waals surface area (Å²) in [6, 6.07) is 15.3. The fourth-order valence-corrected chi connectivity index (χ4v) is 5.23. The molecule has 0 aromatic carbocycles. The molecule has 1 aliphatic carbocycles. The third kappa shape index (κ3) is 5.85. The Labute approximate surface area is 201 Å². The molecule has 1 saturated carbocycles. The number of hydrogen-bond donors (Lipinski definition) is 1. The van der Waals surface area contributed by atoms with Gasteiger partial charge in [-0.25, -0.2) is 4.98 Å². The lowest BCUT2D eigenvalue weighted by Crippen LogP contribution is -2.10. The van der Waals surface area contributed by atoms with Crippen LogP contribution in [-0.2, 0) is 24.1 Å². The van der Waals surface area contributed by atoms with Crippen molar-refractivity contribution >= 4 is 28.1 Å². The van der Waals surface area contributed by atoms with E-state index in [0.717, 1.165) is 53.0 Å². The van der Waals surface area contributed by atoms with Gasteiger partial charge in [0, 0.05) is 30.4 Å². The number of nitrogens with one attached hydrogen (secondary N) is 1. The van der Waals surface area contributed by atoms with E-state index in [1.54, 1.807) is 23.7 Å². The first-order valence-electron chi connectivity index (χ1n) is 11.5. The average molecular weight is 472 g/mol. The summed E-state index contributed by atoms with van der Waals surface area (Å²) in [5.74, 6) is 1.84. The van der Waals surface area contributed by atoms with Gasteiger partial charge in [0.2, 0.25) is 5.13 Å². The van der Waals surface area contributed by atoms with Crippen LogP contribution in [-0.4, -0.2) is 36.1 Å². The molecular weight excluding hydrogens is 446 g/mol. The second-order valence-electron chi connectivity index (χ2n) is 8.59. The lowest BCUT2D eigenvalue weighted by atomic mass is 9.99. The summed E-state index contributed by atoms with van der Waals surface area (Å²) >= 11 is 1.60. The van der Waals surface area contributed by atoms with Crippen LogP contribution in [0.2, 0.25) is 0 Å². The molecule has 4 aromatic heterocycles. The highest BCUT2D eigenvalue weighted by Crippen LogP contribution is 2.41. The van der Waals surface area contributed by atoms with E-state index in [4.69, 9.17) is 0 Å². The smallest absolute Gasteiger partial charge is 0.211 e. The fraction of sp³-hybridized carbons (Fsp3) is 0.320. The number of nitrogens with zero attached hydrogens (tertiary/aromatic N) is 6. The molecule has 34 heavy (non-hydrogen) atoms. The summed E-state index contributed by atoms with van der Waals surface area (Å²) < 4.78 is 0. The summed E-state index contributed by atoms with van der Waals surface area (Å²) in [4.78, 5) is 20.8. The largest absolute Gasteiger partial charge is 0.315 e. The van der Waals surface area contributed by atoms with Crippen molar-refractivity contribution in [2.24, 2.45) is 5.92 Å². The van der Waals surface area contributed by atoms with Gasteiger partial charge in [0.05, 0.1) is 17.8 Å². The summed E-state index contributed by atoms with van der Waals surface area (Å²) in [5, 5.41) is 22.5. The Morgan fingerprint density at radius 3 is 2.41 bits per heavy atom. The summed E-state index contributed by atoms with van der Waals surface area (Å²) in [5.41, 5.74) is 2.46. The van der Waals surface area contributed by atoms with Crippen molar-refractivity contribution in [3.05, 3.63) is 83.0 Å².